The predicted octanol–water partition coefficient (Wildman–Crippen LogP) is -0.647. The summed E-state index contributed by atoms with van der Waals surface area (Å²) in [7, 11) is 0. The summed E-state index contributed by atoms with van der Waals surface area (Å²) in [5, 5.41) is 27.9. The molecule has 0 spiro atoms. The number of aromatic nitrogens is 4. The molecule has 3 N–H and O–H groups in total. The van der Waals surface area contributed by atoms with Crippen LogP contribution in [0.5, 0.6) is 0 Å². The summed E-state index contributed by atoms with van der Waals surface area (Å²) in [5.74, 6) is -0.497. The first-order valence-electron chi connectivity index (χ1n) is 4.75. The lowest BCUT2D eigenvalue weighted by Gasteiger charge is -2.05. The number of halogens is 1. The van der Waals surface area contributed by atoms with Crippen LogP contribution in [0.25, 0.3) is 0 Å². The van der Waals surface area contributed by atoms with E-state index in [0.29, 0.717) is 25.2 Å². The Bertz CT molecular complexity index is 401. The molecule has 0 saturated carbocycles. The third kappa shape index (κ3) is 4.76. The lowest BCUT2D eigenvalue weighted by atomic mass is 10.1. The zero-order valence-electron chi connectivity index (χ0n) is 8.98. The van der Waals surface area contributed by atoms with Gasteiger partial charge in [-0.05, 0) is 16.8 Å². The number of hydrogen-bond acceptors (Lipinski definition) is 6. The first kappa shape index (κ1) is 15.3. The van der Waals surface area contributed by atoms with Gasteiger partial charge in [-0.15, -0.1) is 17.5 Å². The van der Waals surface area contributed by atoms with Crippen molar-refractivity contribution in [1.82, 2.24) is 20.2 Å². The second kappa shape index (κ2) is 7.54. The van der Waals surface area contributed by atoms with Crippen molar-refractivity contribution in [3.8, 4) is 6.07 Å². The summed E-state index contributed by atoms with van der Waals surface area (Å²) in [4.78, 5) is 10.5. The highest BCUT2D eigenvalue weighted by Gasteiger charge is 2.13. The average Bonchev–Trinajstić information content (AvgIpc) is 2.70. The van der Waals surface area contributed by atoms with E-state index >= 15 is 0 Å². The SMILES string of the molecule is Cl.N#CCCn1nnnc1CC[C@H](N)C(=O)O. The lowest BCUT2D eigenvalue weighted by Crippen LogP contribution is -2.30. The molecule has 1 aromatic heterocycles. The highest BCUT2D eigenvalue weighted by Crippen LogP contribution is 2.01. The van der Waals surface area contributed by atoms with Gasteiger partial charge in [0.15, 0.2) is 5.82 Å². The van der Waals surface area contributed by atoms with Crippen LogP contribution in [0.2, 0.25) is 0 Å². The van der Waals surface area contributed by atoms with Crippen LogP contribution in [0.3, 0.4) is 0 Å². The van der Waals surface area contributed by atoms with Crippen LogP contribution in [-0.4, -0.2) is 37.3 Å². The van der Waals surface area contributed by atoms with Crippen LogP contribution in [0.15, 0.2) is 0 Å². The molecular formula is C8H13ClN6O2. The van der Waals surface area contributed by atoms with Crippen LogP contribution in [-0.2, 0) is 17.8 Å². The molecule has 0 bridgehead atoms. The number of rotatable bonds is 6. The number of carboxylic acids is 1. The van der Waals surface area contributed by atoms with Crippen molar-refractivity contribution in [3.63, 3.8) is 0 Å². The Kier molecular flexibility index (Phi) is 6.77. The molecule has 0 unspecified atom stereocenters. The Labute approximate surface area is 104 Å². The van der Waals surface area contributed by atoms with Crippen molar-refractivity contribution >= 4 is 18.4 Å². The fraction of sp³-hybridized carbons (Fsp3) is 0.625. The van der Waals surface area contributed by atoms with E-state index < -0.39 is 12.0 Å². The predicted molar refractivity (Wildman–Crippen MR) is 59.2 cm³/mol. The standard InChI is InChI=1S/C8H12N6O2.ClH/c9-4-1-5-14-7(11-12-13-14)3-2-6(10)8(15)16;/h6H,1-3,5,10H2,(H,15,16);1H/t6-;/m0./s1. The molecule has 0 aliphatic carbocycles. The first-order valence-corrected chi connectivity index (χ1v) is 4.75. The van der Waals surface area contributed by atoms with Crippen molar-refractivity contribution in [2.24, 2.45) is 5.73 Å². The maximum absolute atomic E-state index is 10.5. The lowest BCUT2D eigenvalue weighted by molar-refractivity contribution is -0.138. The van der Waals surface area contributed by atoms with Gasteiger partial charge in [0, 0.05) is 6.42 Å². The zero-order valence-corrected chi connectivity index (χ0v) is 9.80. The van der Waals surface area contributed by atoms with Crippen molar-refractivity contribution < 1.29 is 9.90 Å². The minimum atomic E-state index is -1.05. The highest BCUT2D eigenvalue weighted by atomic mass is 35.5. The topological polar surface area (TPSA) is 131 Å². The molecule has 0 aliphatic heterocycles. The Hall–Kier alpha value is -1.72. The van der Waals surface area contributed by atoms with Gasteiger partial charge < -0.3 is 10.8 Å². The maximum Gasteiger partial charge on any atom is 0.320 e. The van der Waals surface area contributed by atoms with Gasteiger partial charge in [0.05, 0.1) is 19.0 Å². The molecule has 1 heterocycles. The van der Waals surface area contributed by atoms with Crippen LogP contribution in [0, 0.1) is 11.3 Å². The van der Waals surface area contributed by atoms with E-state index in [-0.39, 0.29) is 18.8 Å². The molecule has 0 radical (unpaired) electrons. The van der Waals surface area contributed by atoms with Gasteiger partial charge in [-0.25, -0.2) is 4.68 Å². The Morgan fingerprint density at radius 1 is 1.65 bits per heavy atom. The Morgan fingerprint density at radius 2 is 2.35 bits per heavy atom. The molecule has 0 amide bonds. The number of tetrazole rings is 1. The van der Waals surface area contributed by atoms with Gasteiger partial charge in [0.1, 0.15) is 6.04 Å². The van der Waals surface area contributed by atoms with Gasteiger partial charge >= 0.3 is 5.97 Å². The number of hydrogen-bond donors (Lipinski definition) is 2. The molecule has 1 rings (SSSR count). The third-order valence-electron chi connectivity index (χ3n) is 2.04. The van der Waals surface area contributed by atoms with Crippen molar-refractivity contribution in [2.45, 2.75) is 31.8 Å². The molecular weight excluding hydrogens is 248 g/mol. The maximum atomic E-state index is 10.5. The van der Waals surface area contributed by atoms with Gasteiger partial charge in [-0.2, -0.15) is 5.26 Å². The summed E-state index contributed by atoms with van der Waals surface area (Å²) in [6, 6.07) is 1.07. The molecule has 94 valence electrons. The van der Waals surface area contributed by atoms with Crippen LogP contribution in [0.4, 0.5) is 0 Å². The molecule has 9 heteroatoms. The van der Waals surface area contributed by atoms with Crippen molar-refractivity contribution in [1.29, 1.82) is 5.26 Å². The van der Waals surface area contributed by atoms with Crippen molar-refractivity contribution in [2.75, 3.05) is 0 Å². The van der Waals surface area contributed by atoms with Crippen LogP contribution >= 0.6 is 12.4 Å². The quantitative estimate of drug-likeness (QED) is 0.695. The monoisotopic (exact) mass is 260 g/mol. The molecule has 17 heavy (non-hydrogen) atoms. The number of nitriles is 1. The van der Waals surface area contributed by atoms with Gasteiger partial charge in [0.25, 0.3) is 0 Å². The number of nitrogens with zero attached hydrogens (tertiary/aromatic N) is 5. The summed E-state index contributed by atoms with van der Waals surface area (Å²) >= 11 is 0. The van der Waals surface area contributed by atoms with Gasteiger partial charge in [-0.3, -0.25) is 4.79 Å². The molecule has 0 fully saturated rings. The number of aliphatic carboxylic acids is 1. The fourth-order valence-electron chi connectivity index (χ4n) is 1.14. The minimum Gasteiger partial charge on any atom is -0.480 e. The van der Waals surface area contributed by atoms with E-state index in [1.807, 2.05) is 6.07 Å². The molecule has 1 aromatic rings. The Balaban J connectivity index is 0.00000256. The Morgan fingerprint density at radius 3 is 2.94 bits per heavy atom. The van der Waals surface area contributed by atoms with E-state index in [2.05, 4.69) is 15.5 Å². The smallest absolute Gasteiger partial charge is 0.320 e. The van der Waals surface area contributed by atoms with Gasteiger partial charge in [0.2, 0.25) is 0 Å². The number of aryl methyl sites for hydroxylation is 2. The molecule has 0 saturated heterocycles. The first-order chi connectivity index (χ1) is 7.65. The van der Waals surface area contributed by atoms with Crippen LogP contribution < -0.4 is 5.73 Å². The van der Waals surface area contributed by atoms with E-state index in [9.17, 15) is 4.79 Å². The summed E-state index contributed by atoms with van der Waals surface area (Å²) in [6.07, 6.45) is 0.956. The molecule has 1 atom stereocenters. The van der Waals surface area contributed by atoms with E-state index in [0.717, 1.165) is 0 Å². The number of carboxylic acid groups (broad SMARTS) is 1. The third-order valence-corrected chi connectivity index (χ3v) is 2.04. The zero-order chi connectivity index (χ0) is 12.0. The minimum absolute atomic E-state index is 0. The number of nitrogens with two attached hydrogens (primary N) is 1. The molecule has 8 nitrogen and oxygen atoms in total. The summed E-state index contributed by atoms with van der Waals surface area (Å²) in [6.45, 7) is 0.404. The molecule has 0 aromatic carbocycles. The normalized spacial score (nSPS) is 11.3. The largest absolute Gasteiger partial charge is 0.480 e. The van der Waals surface area contributed by atoms with E-state index in [4.69, 9.17) is 16.1 Å². The van der Waals surface area contributed by atoms with E-state index in [1.54, 1.807) is 0 Å². The second-order valence-electron chi connectivity index (χ2n) is 3.21. The van der Waals surface area contributed by atoms with Crippen LogP contribution in [0.1, 0.15) is 18.7 Å². The summed E-state index contributed by atoms with van der Waals surface area (Å²) < 4.78 is 1.48. The average molecular weight is 261 g/mol. The fourth-order valence-corrected chi connectivity index (χ4v) is 1.14. The highest BCUT2D eigenvalue weighted by molar-refractivity contribution is 5.85. The summed E-state index contributed by atoms with van der Waals surface area (Å²) in [5.41, 5.74) is 5.35. The van der Waals surface area contributed by atoms with Gasteiger partial charge in [-0.1, -0.05) is 0 Å². The number of carbonyl (C=O) groups is 1. The molecule has 0 aliphatic rings. The van der Waals surface area contributed by atoms with E-state index in [1.165, 1.54) is 4.68 Å². The second-order valence-corrected chi connectivity index (χ2v) is 3.21. The van der Waals surface area contributed by atoms with Crippen molar-refractivity contribution in [3.05, 3.63) is 5.82 Å².